The molecule has 0 aliphatic carbocycles. The highest BCUT2D eigenvalue weighted by molar-refractivity contribution is 6.22. The number of benzene rings is 2. The van der Waals surface area contributed by atoms with Crippen LogP contribution in [0, 0.1) is 0 Å². The number of hydrazine groups is 1. The Morgan fingerprint density at radius 2 is 1.74 bits per heavy atom. The number of nitrogens with zero attached hydrogens (tertiary/aromatic N) is 1. The van der Waals surface area contributed by atoms with Gasteiger partial charge in [0.2, 0.25) is 5.91 Å². The fourth-order valence-corrected chi connectivity index (χ4v) is 2.65. The SMILES string of the molecule is O=C(NN[C@@H]1CC(=O)N(c2cccc(C(F)(F)F)c2)C1=O)c1ccccc1. The Morgan fingerprint density at radius 1 is 1.04 bits per heavy atom. The average molecular weight is 377 g/mol. The lowest BCUT2D eigenvalue weighted by molar-refractivity contribution is -0.137. The van der Waals surface area contributed by atoms with Crippen LogP contribution in [0.3, 0.4) is 0 Å². The van der Waals surface area contributed by atoms with E-state index in [9.17, 15) is 27.6 Å². The second-order valence-corrected chi connectivity index (χ2v) is 5.84. The van der Waals surface area contributed by atoms with Crippen LogP contribution in [0.5, 0.6) is 0 Å². The summed E-state index contributed by atoms with van der Waals surface area (Å²) >= 11 is 0. The topological polar surface area (TPSA) is 78.5 Å². The number of hydrogen-bond acceptors (Lipinski definition) is 4. The van der Waals surface area contributed by atoms with Crippen molar-refractivity contribution >= 4 is 23.4 Å². The first-order valence-corrected chi connectivity index (χ1v) is 7.92. The monoisotopic (exact) mass is 377 g/mol. The number of rotatable bonds is 4. The smallest absolute Gasteiger partial charge is 0.287 e. The number of hydrogen-bond donors (Lipinski definition) is 2. The van der Waals surface area contributed by atoms with Crippen LogP contribution in [0.4, 0.5) is 18.9 Å². The summed E-state index contributed by atoms with van der Waals surface area (Å²) in [6, 6.07) is 11.1. The van der Waals surface area contributed by atoms with Crippen LogP contribution in [-0.2, 0) is 15.8 Å². The Hall–Kier alpha value is -3.20. The summed E-state index contributed by atoms with van der Waals surface area (Å²) < 4.78 is 38.5. The Morgan fingerprint density at radius 3 is 2.41 bits per heavy atom. The molecular formula is C18H14F3N3O3. The number of halogens is 3. The molecule has 0 radical (unpaired) electrons. The molecule has 3 rings (SSSR count). The quantitative estimate of drug-likeness (QED) is 0.633. The Balaban J connectivity index is 1.71. The third-order valence-corrected chi connectivity index (χ3v) is 3.97. The van der Waals surface area contributed by atoms with Gasteiger partial charge in [0, 0.05) is 5.56 Å². The van der Waals surface area contributed by atoms with Crippen LogP contribution in [0.2, 0.25) is 0 Å². The van der Waals surface area contributed by atoms with Gasteiger partial charge in [-0.3, -0.25) is 19.8 Å². The molecule has 6 nitrogen and oxygen atoms in total. The predicted octanol–water partition coefficient (Wildman–Crippen LogP) is 2.27. The zero-order valence-corrected chi connectivity index (χ0v) is 13.8. The Bertz CT molecular complexity index is 884. The molecule has 1 fully saturated rings. The molecule has 1 atom stereocenters. The van der Waals surface area contributed by atoms with Crippen molar-refractivity contribution in [2.75, 3.05) is 4.90 Å². The van der Waals surface area contributed by atoms with E-state index < -0.39 is 35.5 Å². The third-order valence-electron chi connectivity index (χ3n) is 3.97. The number of nitrogens with one attached hydrogen (secondary N) is 2. The van der Waals surface area contributed by atoms with Crippen molar-refractivity contribution in [2.45, 2.75) is 18.6 Å². The molecule has 9 heteroatoms. The standard InChI is InChI=1S/C18H14F3N3O3/c19-18(20,21)12-7-4-8-13(9-12)24-15(25)10-14(17(24)27)22-23-16(26)11-5-2-1-3-6-11/h1-9,14,22H,10H2,(H,23,26)/t14-/m1/s1. The van der Waals surface area contributed by atoms with E-state index in [1.165, 1.54) is 6.07 Å². The number of anilines is 1. The molecule has 0 bridgehead atoms. The molecule has 0 unspecified atom stereocenters. The largest absolute Gasteiger partial charge is 0.416 e. The number of carbonyl (C=O) groups is 3. The molecule has 3 amide bonds. The van der Waals surface area contributed by atoms with E-state index in [-0.39, 0.29) is 12.1 Å². The third kappa shape index (κ3) is 3.98. The van der Waals surface area contributed by atoms with Crippen LogP contribution >= 0.6 is 0 Å². The van der Waals surface area contributed by atoms with Crippen LogP contribution in [0.15, 0.2) is 54.6 Å². The highest BCUT2D eigenvalue weighted by Crippen LogP contribution is 2.33. The summed E-state index contributed by atoms with van der Waals surface area (Å²) in [6.45, 7) is 0. The van der Waals surface area contributed by atoms with Crippen molar-refractivity contribution in [1.29, 1.82) is 0 Å². The predicted molar refractivity (Wildman–Crippen MR) is 89.4 cm³/mol. The molecule has 1 saturated heterocycles. The first kappa shape index (κ1) is 18.6. The highest BCUT2D eigenvalue weighted by Gasteiger charge is 2.40. The van der Waals surface area contributed by atoms with Crippen LogP contribution in [-0.4, -0.2) is 23.8 Å². The molecule has 1 heterocycles. The van der Waals surface area contributed by atoms with E-state index in [1.807, 2.05) is 0 Å². The van der Waals surface area contributed by atoms with E-state index in [1.54, 1.807) is 30.3 Å². The number of amides is 3. The van der Waals surface area contributed by atoms with Crippen molar-refractivity contribution in [3.8, 4) is 0 Å². The summed E-state index contributed by atoms with van der Waals surface area (Å²) in [5.41, 5.74) is 4.01. The van der Waals surface area contributed by atoms with Gasteiger partial charge in [0.15, 0.2) is 0 Å². The van der Waals surface area contributed by atoms with Crippen molar-refractivity contribution in [2.24, 2.45) is 0 Å². The summed E-state index contributed by atoms with van der Waals surface area (Å²) in [5, 5.41) is 0. The van der Waals surface area contributed by atoms with Gasteiger partial charge in [0.25, 0.3) is 11.8 Å². The van der Waals surface area contributed by atoms with E-state index in [0.29, 0.717) is 10.5 Å². The zero-order valence-electron chi connectivity index (χ0n) is 13.8. The van der Waals surface area contributed by atoms with Gasteiger partial charge in [0.1, 0.15) is 6.04 Å². The zero-order chi connectivity index (χ0) is 19.6. The van der Waals surface area contributed by atoms with E-state index in [0.717, 1.165) is 18.2 Å². The molecule has 2 aromatic carbocycles. The summed E-state index contributed by atoms with van der Waals surface area (Å²) in [6.07, 6.45) is -4.88. The number of alkyl halides is 3. The van der Waals surface area contributed by atoms with Crippen LogP contribution < -0.4 is 15.8 Å². The van der Waals surface area contributed by atoms with Gasteiger partial charge in [-0.1, -0.05) is 24.3 Å². The lowest BCUT2D eigenvalue weighted by atomic mass is 10.2. The summed E-state index contributed by atoms with van der Waals surface area (Å²) in [4.78, 5) is 37.2. The lowest BCUT2D eigenvalue weighted by Gasteiger charge is -2.17. The summed E-state index contributed by atoms with van der Waals surface area (Å²) in [7, 11) is 0. The molecule has 0 saturated carbocycles. The van der Waals surface area contributed by atoms with E-state index >= 15 is 0 Å². The van der Waals surface area contributed by atoms with Crippen molar-refractivity contribution in [3.63, 3.8) is 0 Å². The second-order valence-electron chi connectivity index (χ2n) is 5.84. The van der Waals surface area contributed by atoms with Gasteiger partial charge in [-0.2, -0.15) is 13.2 Å². The van der Waals surface area contributed by atoms with Gasteiger partial charge in [-0.15, -0.1) is 0 Å². The number of imide groups is 1. The molecular weight excluding hydrogens is 363 g/mol. The number of carbonyl (C=O) groups excluding carboxylic acids is 3. The van der Waals surface area contributed by atoms with Crippen LogP contribution in [0.25, 0.3) is 0 Å². The minimum absolute atomic E-state index is 0.168. The van der Waals surface area contributed by atoms with Gasteiger partial charge < -0.3 is 0 Å². The second kappa shape index (κ2) is 7.20. The average Bonchev–Trinajstić information content (AvgIpc) is 2.93. The van der Waals surface area contributed by atoms with Crippen molar-refractivity contribution < 1.29 is 27.6 Å². The van der Waals surface area contributed by atoms with Gasteiger partial charge >= 0.3 is 6.18 Å². The molecule has 2 N–H and O–H groups in total. The molecule has 0 spiro atoms. The fraction of sp³-hybridized carbons (Fsp3) is 0.167. The van der Waals surface area contributed by atoms with Crippen LogP contribution in [0.1, 0.15) is 22.3 Å². The minimum atomic E-state index is -4.59. The highest BCUT2D eigenvalue weighted by atomic mass is 19.4. The van der Waals surface area contributed by atoms with Gasteiger partial charge in [-0.05, 0) is 30.3 Å². The molecule has 140 valence electrons. The van der Waals surface area contributed by atoms with Gasteiger partial charge in [0.05, 0.1) is 17.7 Å². The van der Waals surface area contributed by atoms with Crippen molar-refractivity contribution in [3.05, 3.63) is 65.7 Å². The summed E-state index contributed by atoms with van der Waals surface area (Å²) in [5.74, 6) is -1.91. The first-order chi connectivity index (χ1) is 12.8. The Labute approximate surface area is 151 Å². The van der Waals surface area contributed by atoms with E-state index in [2.05, 4.69) is 10.9 Å². The van der Waals surface area contributed by atoms with Gasteiger partial charge in [-0.25, -0.2) is 10.3 Å². The first-order valence-electron chi connectivity index (χ1n) is 7.92. The molecule has 2 aromatic rings. The van der Waals surface area contributed by atoms with E-state index in [4.69, 9.17) is 0 Å². The fourth-order valence-electron chi connectivity index (χ4n) is 2.65. The maximum atomic E-state index is 12.8. The normalized spacial score (nSPS) is 17.3. The lowest BCUT2D eigenvalue weighted by Crippen LogP contribution is -2.48. The molecule has 0 aromatic heterocycles. The molecule has 1 aliphatic rings. The minimum Gasteiger partial charge on any atom is -0.287 e. The Kier molecular flexibility index (Phi) is 4.95. The maximum Gasteiger partial charge on any atom is 0.416 e. The molecule has 1 aliphatic heterocycles. The maximum absolute atomic E-state index is 12.8. The van der Waals surface area contributed by atoms with Crippen molar-refractivity contribution in [1.82, 2.24) is 10.9 Å². The molecule has 27 heavy (non-hydrogen) atoms.